The molecule has 0 heterocycles. The predicted molar refractivity (Wildman–Crippen MR) is 178 cm³/mol. The smallest absolute Gasteiger partial charge is 0.416 e. The molecule has 0 radical (unpaired) electrons. The largest absolute Gasteiger partial charge is 0.748 e. The van der Waals surface area contributed by atoms with Gasteiger partial charge in [0.05, 0.1) is 22.3 Å². The molecule has 288 valence electrons. The molecular weight excluding hydrogens is 778 g/mol. The second-order valence-electron chi connectivity index (χ2n) is 13.6. The summed E-state index contributed by atoms with van der Waals surface area (Å²) in [6.45, 7) is 13.6. The van der Waals surface area contributed by atoms with Gasteiger partial charge in [0.2, 0.25) is 0 Å². The Kier molecular flexibility index (Phi) is 14.0. The molecule has 0 aliphatic carbocycles. The fourth-order valence-corrected chi connectivity index (χ4v) is 13.8. The van der Waals surface area contributed by atoms with Gasteiger partial charge in [-0.05, 0) is 70.9 Å². The van der Waals surface area contributed by atoms with E-state index in [1.807, 2.05) is 78.8 Å². The van der Waals surface area contributed by atoms with Crippen molar-refractivity contribution in [1.29, 1.82) is 0 Å². The van der Waals surface area contributed by atoms with Crippen molar-refractivity contribution in [3.05, 3.63) is 113 Å². The fraction of sp³-hybridized carbons (Fsp3) is 0.389. The van der Waals surface area contributed by atoms with Gasteiger partial charge < -0.3 is 30.3 Å². The zero-order valence-corrected chi connectivity index (χ0v) is 31.3. The van der Waals surface area contributed by atoms with Gasteiger partial charge in [-0.2, -0.15) is 58.8 Å². The van der Waals surface area contributed by atoms with Crippen LogP contribution in [0.2, 0.25) is 0 Å². The molecule has 0 nitrogen and oxygen atoms in total. The van der Waals surface area contributed by atoms with E-state index in [9.17, 15) is 52.7 Å². The quantitative estimate of drug-likeness (QED) is 0.0815. The molecule has 51 heavy (non-hydrogen) atoms. The van der Waals surface area contributed by atoms with Crippen LogP contribution in [-0.4, -0.2) is 10.3 Å². The molecule has 0 saturated carbocycles. The topological polar surface area (TPSA) is 0 Å². The normalized spacial score (nSPS) is 13.9. The van der Waals surface area contributed by atoms with Crippen LogP contribution in [0.15, 0.2) is 84.9 Å². The van der Waals surface area contributed by atoms with Crippen molar-refractivity contribution in [2.45, 2.75) is 89.1 Å². The summed E-state index contributed by atoms with van der Waals surface area (Å²) in [5, 5.41) is -1.98. The van der Waals surface area contributed by atoms with Crippen LogP contribution in [0.1, 0.15) is 81.9 Å². The van der Waals surface area contributed by atoms with Gasteiger partial charge in [0.15, 0.2) is 0 Å². The van der Waals surface area contributed by atoms with Crippen LogP contribution in [0.5, 0.6) is 0 Å². The van der Waals surface area contributed by atoms with E-state index in [0.29, 0.717) is 29.8 Å². The van der Waals surface area contributed by atoms with E-state index in [2.05, 4.69) is 0 Å². The predicted octanol–water partition coefficient (Wildman–Crippen LogP) is 12.8. The first-order valence-electron chi connectivity index (χ1n) is 15.1. The first-order chi connectivity index (χ1) is 22.5. The minimum absolute atomic E-state index is 0. The SMILES string of the molecule is CC([c-]1cccc1P(c1cc(C(F)(F)F)cc(C(F)(F)F)c1)c1cc(C(F)(F)F)cc(C(F)(F)F)c1)P(C(C)(C)C)C(C)(C)C.[Fe].[cH-]1[cH-][cH-][cH-][cH-]1. The molecule has 0 N–H and O–H groups in total. The minimum Gasteiger partial charge on any atom is -0.748 e. The molecule has 4 aromatic rings. The molecule has 0 saturated heterocycles. The van der Waals surface area contributed by atoms with Gasteiger partial charge in [-0.25, -0.2) is 12.1 Å². The summed E-state index contributed by atoms with van der Waals surface area (Å²) in [7, 11) is -3.84. The molecule has 0 aromatic heterocycles. The Bertz CT molecular complexity index is 1530. The summed E-state index contributed by atoms with van der Waals surface area (Å²) in [4.78, 5) is 0. The molecule has 4 aromatic carbocycles. The zero-order valence-electron chi connectivity index (χ0n) is 28.4. The Labute approximate surface area is 302 Å². The van der Waals surface area contributed by atoms with Gasteiger partial charge in [0.25, 0.3) is 0 Å². The third-order valence-corrected chi connectivity index (χ3v) is 13.9. The summed E-state index contributed by atoms with van der Waals surface area (Å²) >= 11 is 0. The van der Waals surface area contributed by atoms with Crippen molar-refractivity contribution in [1.82, 2.24) is 0 Å². The van der Waals surface area contributed by atoms with E-state index < -0.39 is 79.1 Å². The van der Waals surface area contributed by atoms with Crippen molar-refractivity contribution in [2.75, 3.05) is 0 Å². The molecular formula is C36H36F12FeP2-6. The van der Waals surface area contributed by atoms with Crippen molar-refractivity contribution in [2.24, 2.45) is 0 Å². The van der Waals surface area contributed by atoms with Crippen molar-refractivity contribution in [3.63, 3.8) is 0 Å². The number of halogens is 12. The number of rotatable bonds is 5. The molecule has 0 aliphatic heterocycles. The van der Waals surface area contributed by atoms with Crippen LogP contribution >= 0.6 is 15.8 Å². The van der Waals surface area contributed by atoms with E-state index >= 15 is 0 Å². The molecule has 4 rings (SSSR count). The summed E-state index contributed by atoms with van der Waals surface area (Å²) in [6, 6.07) is 15.7. The van der Waals surface area contributed by atoms with Crippen LogP contribution < -0.4 is 15.9 Å². The second-order valence-corrected chi connectivity index (χ2v) is 20.0. The maximum absolute atomic E-state index is 13.9. The van der Waals surface area contributed by atoms with Gasteiger partial charge in [0, 0.05) is 17.1 Å². The standard InChI is InChI=1S/C31H31F12P2.C5H5.Fe/c1-17(45(26(2,3)4)27(5,6)7)24-9-8-10-25(24)44(22-13-18(28(32,33)34)11-19(14-22)29(35,36)37)23-15-20(30(38,39)40)12-21(16-23)31(41,42)43;1-2-4-5-3-1;/h8-17H,1-7H3;1-5H;/q-1;-5;. The molecule has 0 bridgehead atoms. The summed E-state index contributed by atoms with van der Waals surface area (Å²) < 4.78 is 167. The van der Waals surface area contributed by atoms with Crippen LogP contribution in [0, 0.1) is 0 Å². The van der Waals surface area contributed by atoms with Crippen LogP contribution in [0.4, 0.5) is 52.7 Å². The van der Waals surface area contributed by atoms with Crippen LogP contribution in [0.3, 0.4) is 0 Å². The van der Waals surface area contributed by atoms with Crippen molar-refractivity contribution < 1.29 is 69.8 Å². The fourth-order valence-electron chi connectivity index (χ4n) is 6.17. The first kappa shape index (κ1) is 44.8. The van der Waals surface area contributed by atoms with Crippen molar-refractivity contribution in [3.8, 4) is 0 Å². The molecule has 0 amide bonds. The summed E-state index contributed by atoms with van der Waals surface area (Å²) in [5.41, 5.74) is -6.86. The number of alkyl halides is 12. The Balaban J connectivity index is 0.00000138. The number of benzene rings is 2. The van der Waals surface area contributed by atoms with Crippen LogP contribution in [0.25, 0.3) is 0 Å². The Morgan fingerprint density at radius 2 is 0.824 bits per heavy atom. The summed E-state index contributed by atoms with van der Waals surface area (Å²) in [5.74, 6) is 0. The van der Waals surface area contributed by atoms with Gasteiger partial charge in [-0.15, -0.1) is 18.8 Å². The molecule has 15 heteroatoms. The van der Waals surface area contributed by atoms with Crippen molar-refractivity contribution >= 4 is 31.8 Å². The molecule has 0 spiro atoms. The van der Waals surface area contributed by atoms with Gasteiger partial charge in [0.1, 0.15) is 0 Å². The molecule has 0 fully saturated rings. The number of hydrogen-bond acceptors (Lipinski definition) is 0. The molecule has 1 unspecified atom stereocenters. The Hall–Kier alpha value is -2.32. The van der Waals surface area contributed by atoms with Gasteiger partial charge >= 0.3 is 24.7 Å². The van der Waals surface area contributed by atoms with E-state index in [1.54, 1.807) is 6.07 Å². The maximum Gasteiger partial charge on any atom is 0.416 e. The molecule has 0 aliphatic rings. The zero-order chi connectivity index (χ0) is 38.3. The first-order valence-corrected chi connectivity index (χ1v) is 17.9. The van der Waals surface area contributed by atoms with Gasteiger partial charge in [-0.1, -0.05) is 48.5 Å². The third-order valence-electron chi connectivity index (χ3n) is 7.57. The maximum atomic E-state index is 13.9. The van der Waals surface area contributed by atoms with Gasteiger partial charge in [-0.3, -0.25) is 0 Å². The van der Waals surface area contributed by atoms with Crippen LogP contribution in [-0.2, 0) is 41.8 Å². The van der Waals surface area contributed by atoms with E-state index in [4.69, 9.17) is 0 Å². The average Bonchev–Trinajstić information content (AvgIpc) is 3.65. The Morgan fingerprint density at radius 1 is 0.529 bits per heavy atom. The van der Waals surface area contributed by atoms with E-state index in [1.165, 1.54) is 12.1 Å². The third kappa shape index (κ3) is 11.6. The second kappa shape index (κ2) is 16.0. The average molecular weight is 814 g/mol. The Morgan fingerprint density at radius 3 is 1.08 bits per heavy atom. The monoisotopic (exact) mass is 814 g/mol. The molecule has 1 atom stereocenters. The van der Waals surface area contributed by atoms with E-state index in [0.717, 1.165) is 0 Å². The summed E-state index contributed by atoms with van der Waals surface area (Å²) in [6.07, 6.45) is -21.2. The minimum atomic E-state index is -5.29. The number of hydrogen-bond donors (Lipinski definition) is 0. The van der Waals surface area contributed by atoms with E-state index in [-0.39, 0.29) is 44.8 Å².